The van der Waals surface area contributed by atoms with E-state index >= 15 is 0 Å². The first-order valence-corrected chi connectivity index (χ1v) is 27.8. The molecule has 4 N–H and O–H groups in total. The number of ketones is 1. The molecule has 7 atom stereocenters. The average molecular weight is 1100 g/mol. The Morgan fingerprint density at radius 1 is 0.662 bits per heavy atom. The summed E-state index contributed by atoms with van der Waals surface area (Å²) in [7, 11) is 2.91. The highest BCUT2D eigenvalue weighted by Crippen LogP contribution is 2.44. The summed E-state index contributed by atoms with van der Waals surface area (Å²) in [5.41, 5.74) is 5.05. The minimum Gasteiger partial charge on any atom is -0.488 e. The number of rotatable bonds is 28. The van der Waals surface area contributed by atoms with E-state index in [1.807, 2.05) is 96.1 Å². The number of Topliss-reactive ketones (excluding diaryl/α,β-unsaturated/α-hetero) is 1. The van der Waals surface area contributed by atoms with Crippen molar-refractivity contribution in [3.63, 3.8) is 0 Å². The zero-order chi connectivity index (χ0) is 58.8. The third-order valence-corrected chi connectivity index (χ3v) is 14.3. The molecule has 17 heteroatoms. The third kappa shape index (κ3) is 18.2. The average Bonchev–Trinajstić information content (AvgIpc) is 3.75. The molecule has 17 nitrogen and oxygen atoms in total. The van der Waals surface area contributed by atoms with Crippen molar-refractivity contribution in [2.75, 3.05) is 20.7 Å². The SMILES string of the molecule is CC[C@H](C)[C@H](NC(=O)[C@H](Cc1ccc(OC(C)(C)C)cc1)N(C)C(=O)OCC1c2ccccc2-c2ccccc21)C(=O)O[C@H](C)[C@H](NC(=O)[C@H](CCC(=O)NC)CC(=O)C(C)C)C(=O)N[C@@H](CC(C)C)C(=O)OCc1ccccc1. The Morgan fingerprint density at radius 2 is 1.25 bits per heavy atom. The quantitative estimate of drug-likeness (QED) is 0.0310. The van der Waals surface area contributed by atoms with Crippen LogP contribution in [0.15, 0.2) is 103 Å². The fraction of sp³-hybridized carbons (Fsp3) is 0.492. The fourth-order valence-electron chi connectivity index (χ4n) is 9.42. The first-order chi connectivity index (χ1) is 37.9. The normalized spacial score (nSPS) is 14.6. The van der Waals surface area contributed by atoms with Gasteiger partial charge < -0.3 is 40.2 Å². The Kier molecular flexibility index (Phi) is 23.4. The van der Waals surface area contributed by atoms with E-state index in [9.17, 15) is 38.4 Å². The van der Waals surface area contributed by atoms with E-state index in [-0.39, 0.29) is 68.8 Å². The maximum atomic E-state index is 14.9. The number of fused-ring (bicyclic) bond motifs is 3. The molecule has 4 aromatic rings. The van der Waals surface area contributed by atoms with Gasteiger partial charge in [-0.2, -0.15) is 0 Å². The van der Waals surface area contributed by atoms with Crippen LogP contribution in [0.2, 0.25) is 0 Å². The van der Waals surface area contributed by atoms with E-state index in [4.69, 9.17) is 18.9 Å². The highest BCUT2D eigenvalue weighted by Gasteiger charge is 2.40. The Bertz CT molecular complexity index is 2710. The van der Waals surface area contributed by atoms with Gasteiger partial charge in [0, 0.05) is 51.1 Å². The molecule has 0 bridgehead atoms. The summed E-state index contributed by atoms with van der Waals surface area (Å²) in [5, 5.41) is 10.8. The number of carbonyl (C=O) groups is 8. The van der Waals surface area contributed by atoms with Gasteiger partial charge in [0.05, 0.1) is 0 Å². The van der Waals surface area contributed by atoms with Crippen molar-refractivity contribution < 1.29 is 57.3 Å². The number of carbonyl (C=O) groups excluding carboxylic acids is 8. The van der Waals surface area contributed by atoms with Crippen molar-refractivity contribution in [1.29, 1.82) is 0 Å². The van der Waals surface area contributed by atoms with Gasteiger partial charge in [-0.15, -0.1) is 0 Å². The highest BCUT2D eigenvalue weighted by molar-refractivity contribution is 5.94. The van der Waals surface area contributed by atoms with Crippen molar-refractivity contribution in [3.8, 4) is 16.9 Å². The molecule has 5 rings (SSSR count). The van der Waals surface area contributed by atoms with Crippen LogP contribution in [0, 0.1) is 23.7 Å². The second kappa shape index (κ2) is 29.6. The lowest BCUT2D eigenvalue weighted by Crippen LogP contribution is -2.59. The standard InChI is InChI=1S/C63H83N5O12/c1-13-40(6)55(66-58(72)52(34-42-27-30-45(31-28-42)80-63(8,9)10)68(12)62(76)78-37-50-48-25-19-17-23-46(48)47-24-18-20-26-49(47)50)61(75)79-41(7)56(67-57(71)44(29-32-54(70)64-11)35-53(69)39(4)5)59(73)65-51(33-38(2)3)60(74)77-36-43-21-15-14-16-22-43/h14-28,30-31,38-41,44,50-52,55-56H,13,29,32-37H2,1-12H3,(H,64,70)(H,65,73)(H,66,72)(H,67,71)/t40-,41+,44+,51-,52-,55-,56-/m0/s1. The molecule has 1 aliphatic rings. The predicted molar refractivity (Wildman–Crippen MR) is 305 cm³/mol. The second-order valence-electron chi connectivity index (χ2n) is 22.5. The van der Waals surface area contributed by atoms with Gasteiger partial charge in [-0.25, -0.2) is 14.4 Å². The minimum absolute atomic E-state index is 0.000993. The zero-order valence-corrected chi connectivity index (χ0v) is 48.6. The number of hydrogen-bond donors (Lipinski definition) is 4. The summed E-state index contributed by atoms with van der Waals surface area (Å²) in [6.07, 6.45) is -2.10. The lowest BCUT2D eigenvalue weighted by Gasteiger charge is -2.32. The summed E-state index contributed by atoms with van der Waals surface area (Å²) in [6.45, 7) is 17.7. The van der Waals surface area contributed by atoms with Crippen LogP contribution in [-0.4, -0.2) is 109 Å². The minimum atomic E-state index is -1.66. The molecule has 1 aliphatic carbocycles. The number of nitrogens with zero attached hydrogens (tertiary/aromatic N) is 1. The van der Waals surface area contributed by atoms with Crippen LogP contribution in [0.25, 0.3) is 11.1 Å². The Hall–Kier alpha value is -7.56. The zero-order valence-electron chi connectivity index (χ0n) is 48.6. The number of hydrogen-bond acceptors (Lipinski definition) is 12. The molecule has 432 valence electrons. The molecule has 0 fully saturated rings. The number of esters is 2. The first kappa shape index (κ1) is 63.3. The smallest absolute Gasteiger partial charge is 0.410 e. The van der Waals surface area contributed by atoms with Crippen molar-refractivity contribution in [2.45, 2.75) is 156 Å². The summed E-state index contributed by atoms with van der Waals surface area (Å²) < 4.78 is 23.8. The lowest BCUT2D eigenvalue weighted by molar-refractivity contribution is -0.158. The first-order valence-electron chi connectivity index (χ1n) is 27.8. The van der Waals surface area contributed by atoms with E-state index in [0.29, 0.717) is 17.7 Å². The van der Waals surface area contributed by atoms with Crippen LogP contribution in [0.5, 0.6) is 5.75 Å². The highest BCUT2D eigenvalue weighted by atomic mass is 16.6. The van der Waals surface area contributed by atoms with E-state index in [1.54, 1.807) is 69.3 Å². The fourth-order valence-corrected chi connectivity index (χ4v) is 9.42. The van der Waals surface area contributed by atoms with Gasteiger partial charge in [0.25, 0.3) is 0 Å². The van der Waals surface area contributed by atoms with Gasteiger partial charge in [0.2, 0.25) is 23.6 Å². The summed E-state index contributed by atoms with van der Waals surface area (Å²) in [5.74, 6) is -6.50. The number of amides is 5. The number of benzene rings is 4. The van der Waals surface area contributed by atoms with E-state index in [2.05, 4.69) is 21.3 Å². The monoisotopic (exact) mass is 1100 g/mol. The van der Waals surface area contributed by atoms with Crippen molar-refractivity contribution in [2.24, 2.45) is 23.7 Å². The molecule has 5 amide bonds. The number of ether oxygens (including phenoxy) is 4. The summed E-state index contributed by atoms with van der Waals surface area (Å²) in [4.78, 5) is 113. The number of nitrogens with one attached hydrogen (secondary N) is 4. The Labute approximate surface area is 472 Å². The van der Waals surface area contributed by atoms with Gasteiger partial charge in [-0.1, -0.05) is 139 Å². The molecule has 0 unspecified atom stereocenters. The van der Waals surface area contributed by atoms with Gasteiger partial charge in [0.1, 0.15) is 60.6 Å². The predicted octanol–water partition coefficient (Wildman–Crippen LogP) is 8.64. The van der Waals surface area contributed by atoms with Crippen LogP contribution >= 0.6 is 0 Å². The van der Waals surface area contributed by atoms with E-state index < -0.39 is 89.4 Å². The van der Waals surface area contributed by atoms with Crippen molar-refractivity contribution in [3.05, 3.63) is 125 Å². The molecule has 0 aromatic heterocycles. The third-order valence-electron chi connectivity index (χ3n) is 14.3. The topological polar surface area (TPSA) is 225 Å². The molecule has 0 spiro atoms. The van der Waals surface area contributed by atoms with Gasteiger partial charge >= 0.3 is 18.0 Å². The summed E-state index contributed by atoms with van der Waals surface area (Å²) >= 11 is 0. The van der Waals surface area contributed by atoms with E-state index in [0.717, 1.165) is 27.8 Å². The van der Waals surface area contributed by atoms with Gasteiger partial charge in [-0.05, 0) is 97.9 Å². The molecule has 80 heavy (non-hydrogen) atoms. The van der Waals surface area contributed by atoms with Crippen LogP contribution in [0.1, 0.15) is 130 Å². The molecule has 4 aromatic carbocycles. The van der Waals surface area contributed by atoms with Gasteiger partial charge in [0.15, 0.2) is 0 Å². The molecule has 0 radical (unpaired) electrons. The molecule has 0 aliphatic heterocycles. The Morgan fingerprint density at radius 3 is 1.81 bits per heavy atom. The summed E-state index contributed by atoms with van der Waals surface area (Å²) in [6, 6.07) is 26.6. The molecular weight excluding hydrogens is 1020 g/mol. The van der Waals surface area contributed by atoms with Crippen LogP contribution < -0.4 is 26.0 Å². The Balaban J connectivity index is 1.44. The lowest BCUT2D eigenvalue weighted by atomic mass is 9.91. The molecule has 0 heterocycles. The second-order valence-corrected chi connectivity index (χ2v) is 22.5. The largest absolute Gasteiger partial charge is 0.488 e. The van der Waals surface area contributed by atoms with Crippen LogP contribution in [0.4, 0.5) is 4.79 Å². The molecule has 0 saturated carbocycles. The maximum absolute atomic E-state index is 14.9. The molecule has 0 saturated heterocycles. The van der Waals surface area contributed by atoms with E-state index in [1.165, 1.54) is 25.9 Å². The van der Waals surface area contributed by atoms with Crippen LogP contribution in [-0.2, 0) is 60.8 Å². The molecular formula is C63H83N5O12. The van der Waals surface area contributed by atoms with Crippen molar-refractivity contribution in [1.82, 2.24) is 26.2 Å². The maximum Gasteiger partial charge on any atom is 0.410 e. The van der Waals surface area contributed by atoms with Crippen molar-refractivity contribution >= 4 is 47.4 Å². The number of likely N-dealkylation sites (N-methyl/N-ethyl adjacent to an activating group) is 1. The van der Waals surface area contributed by atoms with Crippen LogP contribution in [0.3, 0.4) is 0 Å². The van der Waals surface area contributed by atoms with Gasteiger partial charge in [-0.3, -0.25) is 28.9 Å².